The lowest BCUT2D eigenvalue weighted by Gasteiger charge is -1.98. The van der Waals surface area contributed by atoms with E-state index in [2.05, 4.69) is 15.5 Å². The third kappa shape index (κ3) is 3.96. The number of aliphatic carboxylic acids is 1. The van der Waals surface area contributed by atoms with Crippen LogP contribution in [-0.4, -0.2) is 43.8 Å². The van der Waals surface area contributed by atoms with Crippen LogP contribution in [-0.2, 0) is 9.59 Å². The summed E-state index contributed by atoms with van der Waals surface area (Å²) in [6.07, 6.45) is 1.04. The zero-order valence-electron chi connectivity index (χ0n) is 10.6. The van der Waals surface area contributed by atoms with E-state index < -0.39 is 17.1 Å². The number of hydrogen-bond donors (Lipinski definition) is 4. The number of carboxylic acid groups (broad SMARTS) is 1. The van der Waals surface area contributed by atoms with Gasteiger partial charge >= 0.3 is 5.97 Å². The molecule has 110 valence electrons. The summed E-state index contributed by atoms with van der Waals surface area (Å²) < 4.78 is 0. The molecule has 0 radical (unpaired) electrons. The van der Waals surface area contributed by atoms with Gasteiger partial charge in [0.2, 0.25) is 5.91 Å². The molecule has 1 aromatic rings. The fraction of sp³-hybridized carbons (Fsp3) is 0.167. The first-order valence-corrected chi connectivity index (χ1v) is 6.66. The second-order valence-corrected chi connectivity index (χ2v) is 5.28. The molecule has 1 amide bonds. The number of phenols is 2. The number of nitrogens with zero attached hydrogens (tertiary/aromatic N) is 2. The lowest BCUT2D eigenvalue weighted by Crippen LogP contribution is -2.26. The molecule has 2 rings (SSSR count). The van der Waals surface area contributed by atoms with Gasteiger partial charge in [-0.25, -0.2) is 0 Å². The van der Waals surface area contributed by atoms with Gasteiger partial charge in [0.1, 0.15) is 5.25 Å². The Morgan fingerprint density at radius 2 is 2.14 bits per heavy atom. The van der Waals surface area contributed by atoms with Crippen molar-refractivity contribution in [2.45, 2.75) is 11.7 Å². The van der Waals surface area contributed by atoms with Gasteiger partial charge in [-0.05, 0) is 23.8 Å². The number of benzene rings is 1. The Labute approximate surface area is 123 Å². The van der Waals surface area contributed by atoms with E-state index in [4.69, 9.17) is 10.2 Å². The van der Waals surface area contributed by atoms with Gasteiger partial charge in [0, 0.05) is 0 Å². The molecule has 0 saturated carbocycles. The van der Waals surface area contributed by atoms with Crippen molar-refractivity contribution in [3.05, 3.63) is 23.8 Å². The van der Waals surface area contributed by atoms with E-state index in [1.54, 1.807) is 0 Å². The fourth-order valence-electron chi connectivity index (χ4n) is 1.51. The molecule has 9 heteroatoms. The van der Waals surface area contributed by atoms with Crippen molar-refractivity contribution in [1.82, 2.24) is 5.32 Å². The molecule has 1 fully saturated rings. The van der Waals surface area contributed by atoms with Crippen molar-refractivity contribution in [3.8, 4) is 11.5 Å². The molecule has 1 atom stereocenters. The fourth-order valence-corrected chi connectivity index (χ4v) is 2.43. The van der Waals surface area contributed by atoms with Gasteiger partial charge in [-0.2, -0.15) is 5.10 Å². The van der Waals surface area contributed by atoms with Gasteiger partial charge < -0.3 is 20.6 Å². The van der Waals surface area contributed by atoms with Crippen LogP contribution in [0.15, 0.2) is 28.4 Å². The first-order chi connectivity index (χ1) is 9.95. The Hall–Kier alpha value is -2.55. The highest BCUT2D eigenvalue weighted by Gasteiger charge is 2.32. The maximum Gasteiger partial charge on any atom is 0.305 e. The molecule has 8 nitrogen and oxygen atoms in total. The Morgan fingerprint density at radius 3 is 2.81 bits per heavy atom. The second-order valence-electron chi connectivity index (χ2n) is 4.09. The summed E-state index contributed by atoms with van der Waals surface area (Å²) >= 11 is 0.993. The minimum Gasteiger partial charge on any atom is -0.504 e. The lowest BCUT2D eigenvalue weighted by molar-refractivity contribution is -0.138. The summed E-state index contributed by atoms with van der Waals surface area (Å²) in [5, 5.41) is 36.5. The average molecular weight is 309 g/mol. The van der Waals surface area contributed by atoms with Crippen LogP contribution in [0, 0.1) is 0 Å². The number of amidine groups is 1. The van der Waals surface area contributed by atoms with Crippen molar-refractivity contribution in [2.24, 2.45) is 10.2 Å². The molecular weight excluding hydrogens is 298 g/mol. The monoisotopic (exact) mass is 309 g/mol. The molecule has 1 aromatic carbocycles. The van der Waals surface area contributed by atoms with Gasteiger partial charge in [-0.1, -0.05) is 11.8 Å². The minimum absolute atomic E-state index is 0.213. The SMILES string of the molecule is O=C(O)CC1S/C(=N\N=C\c2ccc(O)c(O)c2)NC1=O. The second kappa shape index (κ2) is 6.27. The highest BCUT2D eigenvalue weighted by Crippen LogP contribution is 2.24. The van der Waals surface area contributed by atoms with Crippen molar-refractivity contribution >= 4 is 35.0 Å². The first kappa shape index (κ1) is 14.9. The molecule has 0 spiro atoms. The molecule has 1 unspecified atom stereocenters. The van der Waals surface area contributed by atoms with Gasteiger partial charge in [-0.15, -0.1) is 5.10 Å². The molecule has 0 aliphatic carbocycles. The summed E-state index contributed by atoms with van der Waals surface area (Å²) in [4.78, 5) is 22.0. The van der Waals surface area contributed by atoms with E-state index in [1.165, 1.54) is 24.4 Å². The van der Waals surface area contributed by atoms with Crippen LogP contribution >= 0.6 is 11.8 Å². The third-order valence-corrected chi connectivity index (χ3v) is 3.56. The summed E-state index contributed by atoms with van der Waals surface area (Å²) in [7, 11) is 0. The van der Waals surface area contributed by atoms with Crippen LogP contribution in [0.3, 0.4) is 0 Å². The van der Waals surface area contributed by atoms with Crippen LogP contribution in [0.25, 0.3) is 0 Å². The number of thioether (sulfide) groups is 1. The molecule has 21 heavy (non-hydrogen) atoms. The molecular formula is C12H11N3O5S. The number of carbonyl (C=O) groups excluding carboxylic acids is 1. The number of nitrogens with one attached hydrogen (secondary N) is 1. The Morgan fingerprint density at radius 1 is 1.38 bits per heavy atom. The van der Waals surface area contributed by atoms with E-state index >= 15 is 0 Å². The van der Waals surface area contributed by atoms with E-state index in [9.17, 15) is 14.7 Å². The normalized spacial score (nSPS) is 20.1. The number of phenolic OH excluding ortho intramolecular Hbond substituents is 2. The minimum atomic E-state index is -1.06. The largest absolute Gasteiger partial charge is 0.504 e. The average Bonchev–Trinajstić information content (AvgIpc) is 2.73. The van der Waals surface area contributed by atoms with Crippen molar-refractivity contribution in [3.63, 3.8) is 0 Å². The van der Waals surface area contributed by atoms with Gasteiger partial charge in [-0.3, -0.25) is 9.59 Å². The number of amides is 1. The Kier molecular flexibility index (Phi) is 4.43. The molecule has 1 heterocycles. The quantitative estimate of drug-likeness (QED) is 0.364. The summed E-state index contributed by atoms with van der Waals surface area (Å²) in [6.45, 7) is 0. The highest BCUT2D eigenvalue weighted by atomic mass is 32.2. The Balaban J connectivity index is 2.01. The number of carbonyl (C=O) groups is 2. The highest BCUT2D eigenvalue weighted by molar-refractivity contribution is 8.15. The zero-order valence-corrected chi connectivity index (χ0v) is 11.4. The number of carboxylic acids is 1. The summed E-state index contributed by atoms with van der Waals surface area (Å²) in [5.41, 5.74) is 0.506. The van der Waals surface area contributed by atoms with E-state index in [1.807, 2.05) is 0 Å². The van der Waals surface area contributed by atoms with Gasteiger partial charge in [0.05, 0.1) is 12.6 Å². The molecule has 0 aromatic heterocycles. The van der Waals surface area contributed by atoms with Crippen molar-refractivity contribution in [1.29, 1.82) is 0 Å². The van der Waals surface area contributed by atoms with Gasteiger partial charge in [0.25, 0.3) is 0 Å². The van der Waals surface area contributed by atoms with Gasteiger partial charge in [0.15, 0.2) is 16.7 Å². The molecule has 1 aliphatic rings. The van der Waals surface area contributed by atoms with Crippen LogP contribution in [0.2, 0.25) is 0 Å². The molecule has 1 saturated heterocycles. The topological polar surface area (TPSA) is 132 Å². The predicted molar refractivity (Wildman–Crippen MR) is 76.6 cm³/mol. The zero-order chi connectivity index (χ0) is 15.4. The van der Waals surface area contributed by atoms with Crippen LogP contribution < -0.4 is 5.32 Å². The van der Waals surface area contributed by atoms with E-state index in [0.29, 0.717) is 5.56 Å². The van der Waals surface area contributed by atoms with E-state index in [-0.39, 0.29) is 23.1 Å². The number of aromatic hydroxyl groups is 2. The number of rotatable bonds is 4. The standard InChI is InChI=1S/C12H11N3O5S/c16-7-2-1-6(3-8(7)17)5-13-15-12-14-11(20)9(21-12)4-10(18)19/h1-3,5,9,16-17H,4H2,(H,18,19)(H,14,15,20)/b13-5+. The third-order valence-electron chi connectivity index (χ3n) is 2.49. The summed E-state index contributed by atoms with van der Waals surface area (Å²) in [6, 6.07) is 4.12. The van der Waals surface area contributed by atoms with Crippen molar-refractivity contribution < 1.29 is 24.9 Å². The number of hydrogen-bond acceptors (Lipinski definition) is 7. The molecule has 4 N–H and O–H groups in total. The maximum absolute atomic E-state index is 11.4. The molecule has 1 aliphatic heterocycles. The van der Waals surface area contributed by atoms with Crippen LogP contribution in [0.4, 0.5) is 0 Å². The Bertz CT molecular complexity index is 644. The van der Waals surface area contributed by atoms with Crippen LogP contribution in [0.5, 0.6) is 11.5 Å². The van der Waals surface area contributed by atoms with Crippen LogP contribution in [0.1, 0.15) is 12.0 Å². The predicted octanol–water partition coefficient (Wildman–Crippen LogP) is 0.494. The maximum atomic E-state index is 11.4. The smallest absolute Gasteiger partial charge is 0.305 e. The molecule has 0 bridgehead atoms. The first-order valence-electron chi connectivity index (χ1n) is 5.78. The lowest BCUT2D eigenvalue weighted by atomic mass is 10.2. The summed E-state index contributed by atoms with van der Waals surface area (Å²) in [5.74, 6) is -2.00. The van der Waals surface area contributed by atoms with E-state index in [0.717, 1.165) is 11.8 Å². The van der Waals surface area contributed by atoms with Crippen molar-refractivity contribution in [2.75, 3.05) is 0 Å².